The number of hydrogen-bond acceptors (Lipinski definition) is 1. The van der Waals surface area contributed by atoms with E-state index < -0.39 is 0 Å². The molecular formula is C8H13NO. The van der Waals surface area contributed by atoms with E-state index in [0.29, 0.717) is 6.42 Å². The van der Waals surface area contributed by atoms with Crippen LogP contribution in [0, 0.1) is 5.41 Å². The highest BCUT2D eigenvalue weighted by Crippen LogP contribution is 2.29. The molecule has 0 bridgehead atoms. The van der Waals surface area contributed by atoms with E-state index in [1.807, 2.05) is 6.20 Å². The van der Waals surface area contributed by atoms with Gasteiger partial charge in [-0.1, -0.05) is 20.8 Å². The van der Waals surface area contributed by atoms with Crippen LogP contribution in [0.25, 0.3) is 0 Å². The van der Waals surface area contributed by atoms with Crippen LogP contribution in [-0.2, 0) is 4.79 Å². The minimum absolute atomic E-state index is 0.116. The normalized spacial score (nSPS) is 18.7. The molecule has 10 heavy (non-hydrogen) atoms. The van der Waals surface area contributed by atoms with Crippen LogP contribution in [-0.4, -0.2) is 5.91 Å². The van der Waals surface area contributed by atoms with Gasteiger partial charge in [0.15, 0.2) is 0 Å². The molecule has 0 radical (unpaired) electrons. The molecule has 1 aliphatic heterocycles. The molecule has 0 spiro atoms. The second-order valence-corrected chi connectivity index (χ2v) is 3.66. The Kier molecular flexibility index (Phi) is 1.55. The summed E-state index contributed by atoms with van der Waals surface area (Å²) >= 11 is 0. The van der Waals surface area contributed by atoms with Crippen LogP contribution >= 0.6 is 0 Å². The summed E-state index contributed by atoms with van der Waals surface area (Å²) in [5, 5.41) is 2.68. The van der Waals surface area contributed by atoms with Crippen molar-refractivity contribution in [2.45, 2.75) is 27.2 Å². The van der Waals surface area contributed by atoms with Crippen molar-refractivity contribution in [3.05, 3.63) is 11.8 Å². The maximum absolute atomic E-state index is 10.7. The summed E-state index contributed by atoms with van der Waals surface area (Å²) in [4.78, 5) is 10.7. The zero-order valence-corrected chi connectivity index (χ0v) is 6.69. The number of nitrogens with one attached hydrogen (secondary N) is 1. The summed E-state index contributed by atoms with van der Waals surface area (Å²) in [6.45, 7) is 6.33. The number of rotatable bonds is 0. The molecule has 0 aliphatic carbocycles. The Balaban J connectivity index is 2.69. The van der Waals surface area contributed by atoms with E-state index in [0.717, 1.165) is 0 Å². The summed E-state index contributed by atoms with van der Waals surface area (Å²) in [6, 6.07) is 0. The fourth-order valence-electron chi connectivity index (χ4n) is 0.924. The molecule has 1 heterocycles. The average Bonchev–Trinajstić information content (AvgIpc) is 2.11. The van der Waals surface area contributed by atoms with Gasteiger partial charge >= 0.3 is 0 Å². The molecule has 0 fully saturated rings. The molecule has 1 rings (SSSR count). The van der Waals surface area contributed by atoms with Gasteiger partial charge < -0.3 is 5.32 Å². The lowest BCUT2D eigenvalue weighted by Crippen LogP contribution is -2.10. The summed E-state index contributed by atoms with van der Waals surface area (Å²) in [5.74, 6) is 0.116. The summed E-state index contributed by atoms with van der Waals surface area (Å²) in [6.07, 6.45) is 2.39. The highest BCUT2D eigenvalue weighted by Gasteiger charge is 2.23. The van der Waals surface area contributed by atoms with Crippen molar-refractivity contribution >= 4 is 5.91 Å². The Morgan fingerprint density at radius 1 is 1.50 bits per heavy atom. The van der Waals surface area contributed by atoms with Crippen LogP contribution in [0.15, 0.2) is 11.8 Å². The number of amides is 1. The SMILES string of the molecule is CC(C)(C)C1=CNC(=O)C1. The molecule has 2 nitrogen and oxygen atoms in total. The molecular weight excluding hydrogens is 126 g/mol. The fraction of sp³-hybridized carbons (Fsp3) is 0.625. The molecule has 0 atom stereocenters. The third-order valence-corrected chi connectivity index (χ3v) is 1.72. The van der Waals surface area contributed by atoms with E-state index >= 15 is 0 Å². The molecule has 1 amide bonds. The monoisotopic (exact) mass is 139 g/mol. The van der Waals surface area contributed by atoms with Crippen LogP contribution in [0.2, 0.25) is 0 Å². The van der Waals surface area contributed by atoms with Gasteiger partial charge in [0, 0.05) is 6.20 Å². The Bertz CT molecular complexity index is 186. The first-order chi connectivity index (χ1) is 4.50. The molecule has 1 N–H and O–H groups in total. The minimum Gasteiger partial charge on any atom is -0.332 e. The number of hydrogen-bond donors (Lipinski definition) is 1. The maximum Gasteiger partial charge on any atom is 0.228 e. The number of carbonyl (C=O) groups excluding carboxylic acids is 1. The highest BCUT2D eigenvalue weighted by molar-refractivity contribution is 5.82. The predicted molar refractivity (Wildman–Crippen MR) is 40.3 cm³/mol. The van der Waals surface area contributed by atoms with Crippen LogP contribution in [0.4, 0.5) is 0 Å². The van der Waals surface area contributed by atoms with Crippen molar-refractivity contribution in [3.8, 4) is 0 Å². The van der Waals surface area contributed by atoms with Gasteiger partial charge in [-0.05, 0) is 11.0 Å². The van der Waals surface area contributed by atoms with Gasteiger partial charge in [0.2, 0.25) is 5.91 Å². The third kappa shape index (κ3) is 1.38. The van der Waals surface area contributed by atoms with Gasteiger partial charge in [0.25, 0.3) is 0 Å². The fourth-order valence-corrected chi connectivity index (χ4v) is 0.924. The Labute approximate surface area is 61.3 Å². The lowest BCUT2D eigenvalue weighted by atomic mass is 9.86. The largest absolute Gasteiger partial charge is 0.332 e. The number of carbonyl (C=O) groups is 1. The summed E-state index contributed by atoms with van der Waals surface area (Å²) in [7, 11) is 0. The third-order valence-electron chi connectivity index (χ3n) is 1.72. The molecule has 0 saturated heterocycles. The van der Waals surface area contributed by atoms with Crippen molar-refractivity contribution in [1.29, 1.82) is 0 Å². The van der Waals surface area contributed by atoms with E-state index in [1.54, 1.807) is 0 Å². The average molecular weight is 139 g/mol. The first-order valence-electron chi connectivity index (χ1n) is 3.49. The molecule has 56 valence electrons. The lowest BCUT2D eigenvalue weighted by molar-refractivity contribution is -0.118. The van der Waals surface area contributed by atoms with Gasteiger partial charge in [-0.15, -0.1) is 0 Å². The van der Waals surface area contributed by atoms with E-state index in [2.05, 4.69) is 26.1 Å². The van der Waals surface area contributed by atoms with Crippen molar-refractivity contribution in [2.24, 2.45) is 5.41 Å². The molecule has 0 unspecified atom stereocenters. The maximum atomic E-state index is 10.7. The van der Waals surface area contributed by atoms with Gasteiger partial charge in [-0.2, -0.15) is 0 Å². The van der Waals surface area contributed by atoms with E-state index in [1.165, 1.54) is 5.57 Å². The van der Waals surface area contributed by atoms with E-state index in [-0.39, 0.29) is 11.3 Å². The predicted octanol–water partition coefficient (Wildman–Crippen LogP) is 1.44. The topological polar surface area (TPSA) is 29.1 Å². The quantitative estimate of drug-likeness (QED) is 0.540. The zero-order chi connectivity index (χ0) is 7.78. The molecule has 2 heteroatoms. The summed E-state index contributed by atoms with van der Waals surface area (Å²) in [5.41, 5.74) is 1.33. The Morgan fingerprint density at radius 2 is 2.10 bits per heavy atom. The molecule has 0 saturated carbocycles. The van der Waals surface area contributed by atoms with E-state index in [4.69, 9.17) is 0 Å². The van der Waals surface area contributed by atoms with Crippen molar-refractivity contribution in [1.82, 2.24) is 5.32 Å². The smallest absolute Gasteiger partial charge is 0.228 e. The first kappa shape index (κ1) is 7.32. The van der Waals surface area contributed by atoms with Crippen molar-refractivity contribution < 1.29 is 4.79 Å². The van der Waals surface area contributed by atoms with Gasteiger partial charge in [-0.3, -0.25) is 4.79 Å². The van der Waals surface area contributed by atoms with Gasteiger partial charge in [0.05, 0.1) is 6.42 Å². The molecule has 0 aromatic heterocycles. The Morgan fingerprint density at radius 3 is 2.30 bits per heavy atom. The molecule has 1 aliphatic rings. The molecule has 0 aromatic rings. The zero-order valence-electron chi connectivity index (χ0n) is 6.69. The highest BCUT2D eigenvalue weighted by atomic mass is 16.1. The van der Waals surface area contributed by atoms with Gasteiger partial charge in [-0.25, -0.2) is 0 Å². The van der Waals surface area contributed by atoms with Crippen molar-refractivity contribution in [2.75, 3.05) is 0 Å². The standard InChI is InChI=1S/C8H13NO/c1-8(2,3)6-4-7(10)9-5-6/h5H,4H2,1-3H3,(H,9,10). The van der Waals surface area contributed by atoms with Crippen LogP contribution in [0.1, 0.15) is 27.2 Å². The second-order valence-electron chi connectivity index (χ2n) is 3.66. The second kappa shape index (κ2) is 2.11. The van der Waals surface area contributed by atoms with Crippen molar-refractivity contribution in [3.63, 3.8) is 0 Å². The Hall–Kier alpha value is -0.790. The first-order valence-corrected chi connectivity index (χ1v) is 3.49. The van der Waals surface area contributed by atoms with Crippen LogP contribution < -0.4 is 5.32 Å². The lowest BCUT2D eigenvalue weighted by Gasteiger charge is -2.18. The summed E-state index contributed by atoms with van der Waals surface area (Å²) < 4.78 is 0. The minimum atomic E-state index is 0.116. The van der Waals surface area contributed by atoms with Gasteiger partial charge in [0.1, 0.15) is 0 Å². The van der Waals surface area contributed by atoms with E-state index in [9.17, 15) is 4.79 Å². The van der Waals surface area contributed by atoms with Crippen LogP contribution in [0.3, 0.4) is 0 Å². The molecule has 0 aromatic carbocycles. The van der Waals surface area contributed by atoms with Crippen LogP contribution in [0.5, 0.6) is 0 Å².